The molecule has 0 bridgehead atoms. The third-order valence-corrected chi connectivity index (χ3v) is 3.06. The van der Waals surface area contributed by atoms with Crippen LogP contribution in [-0.2, 0) is 13.6 Å². The molecule has 0 aliphatic rings. The first-order chi connectivity index (χ1) is 9.04. The predicted octanol–water partition coefficient (Wildman–Crippen LogP) is 1.59. The SMILES string of the molecule is Cn1cnc(Cn2c(N)nc3cc(F)c(Cl)cc32)n1. The van der Waals surface area contributed by atoms with Crippen molar-refractivity contribution in [2.24, 2.45) is 7.05 Å². The zero-order chi connectivity index (χ0) is 13.6. The molecule has 2 aromatic heterocycles. The molecule has 0 aliphatic heterocycles. The number of hydrogen-bond acceptors (Lipinski definition) is 4. The topological polar surface area (TPSA) is 74.5 Å². The number of fused-ring (bicyclic) bond motifs is 1. The van der Waals surface area contributed by atoms with Gasteiger partial charge in [0.15, 0.2) is 5.82 Å². The van der Waals surface area contributed by atoms with Crippen LogP contribution >= 0.6 is 11.6 Å². The van der Waals surface area contributed by atoms with Crippen molar-refractivity contribution in [2.45, 2.75) is 6.54 Å². The van der Waals surface area contributed by atoms with Crippen LogP contribution in [0.2, 0.25) is 5.02 Å². The fourth-order valence-corrected chi connectivity index (χ4v) is 2.06. The quantitative estimate of drug-likeness (QED) is 0.773. The van der Waals surface area contributed by atoms with E-state index in [0.29, 0.717) is 23.4 Å². The van der Waals surface area contributed by atoms with Crippen molar-refractivity contribution in [1.29, 1.82) is 0 Å². The van der Waals surface area contributed by atoms with E-state index in [0.717, 1.165) is 0 Å². The van der Waals surface area contributed by atoms with Crippen molar-refractivity contribution in [1.82, 2.24) is 24.3 Å². The second kappa shape index (κ2) is 4.20. The van der Waals surface area contributed by atoms with E-state index in [1.54, 1.807) is 22.6 Å². The Morgan fingerprint density at radius 1 is 1.42 bits per heavy atom. The average Bonchev–Trinajstić information content (AvgIpc) is 2.87. The van der Waals surface area contributed by atoms with E-state index in [-0.39, 0.29) is 11.0 Å². The second-order valence-corrected chi connectivity index (χ2v) is 4.55. The molecular weight excluding hydrogens is 271 g/mol. The van der Waals surface area contributed by atoms with Crippen LogP contribution in [0.4, 0.5) is 10.3 Å². The standard InChI is InChI=1S/C11H10ClFN6/c1-18-5-15-10(17-18)4-19-9-2-6(12)7(13)3-8(9)16-11(19)14/h2-3,5H,4H2,1H3,(H2,14,16). The summed E-state index contributed by atoms with van der Waals surface area (Å²) in [6.45, 7) is 0.352. The fraction of sp³-hybridized carbons (Fsp3) is 0.182. The molecule has 0 saturated carbocycles. The Hall–Kier alpha value is -2.15. The number of aromatic nitrogens is 5. The van der Waals surface area contributed by atoms with Crippen molar-refractivity contribution < 1.29 is 4.39 Å². The molecule has 3 aromatic rings. The first-order valence-corrected chi connectivity index (χ1v) is 5.87. The highest BCUT2D eigenvalue weighted by molar-refractivity contribution is 6.31. The maximum Gasteiger partial charge on any atom is 0.201 e. The van der Waals surface area contributed by atoms with Gasteiger partial charge < -0.3 is 10.3 Å². The lowest BCUT2D eigenvalue weighted by atomic mass is 10.3. The van der Waals surface area contributed by atoms with Gasteiger partial charge in [0.05, 0.1) is 22.6 Å². The van der Waals surface area contributed by atoms with Gasteiger partial charge in [-0.1, -0.05) is 11.6 Å². The number of halogens is 2. The molecule has 2 heterocycles. The number of nitrogen functional groups attached to an aromatic ring is 1. The van der Waals surface area contributed by atoms with E-state index >= 15 is 0 Å². The summed E-state index contributed by atoms with van der Waals surface area (Å²) in [6, 6.07) is 2.76. The van der Waals surface area contributed by atoms with Crippen LogP contribution in [-0.4, -0.2) is 24.3 Å². The van der Waals surface area contributed by atoms with E-state index in [2.05, 4.69) is 15.1 Å². The van der Waals surface area contributed by atoms with Crippen LogP contribution in [0.5, 0.6) is 0 Å². The molecule has 0 fully saturated rings. The molecule has 8 heteroatoms. The molecule has 6 nitrogen and oxygen atoms in total. The van der Waals surface area contributed by atoms with Crippen LogP contribution in [0.15, 0.2) is 18.5 Å². The fourth-order valence-electron chi connectivity index (χ4n) is 1.90. The molecule has 0 spiro atoms. The largest absolute Gasteiger partial charge is 0.369 e. The van der Waals surface area contributed by atoms with Gasteiger partial charge in [-0.05, 0) is 6.07 Å². The highest BCUT2D eigenvalue weighted by Gasteiger charge is 2.13. The molecule has 98 valence electrons. The number of imidazole rings is 1. The Balaban J connectivity index is 2.12. The summed E-state index contributed by atoms with van der Waals surface area (Å²) in [7, 11) is 1.78. The van der Waals surface area contributed by atoms with Gasteiger partial charge in [0.1, 0.15) is 12.1 Å². The van der Waals surface area contributed by atoms with Gasteiger partial charge in [0, 0.05) is 13.1 Å². The van der Waals surface area contributed by atoms with E-state index < -0.39 is 5.82 Å². The van der Waals surface area contributed by atoms with E-state index in [4.69, 9.17) is 17.3 Å². The number of rotatable bonds is 2. The smallest absolute Gasteiger partial charge is 0.201 e. The molecule has 0 saturated heterocycles. The molecule has 0 radical (unpaired) electrons. The molecule has 3 rings (SSSR count). The Labute approximate surface area is 112 Å². The summed E-state index contributed by atoms with van der Waals surface area (Å²) in [6.07, 6.45) is 1.59. The second-order valence-electron chi connectivity index (χ2n) is 4.15. The van der Waals surface area contributed by atoms with Crippen LogP contribution in [0.3, 0.4) is 0 Å². The van der Waals surface area contributed by atoms with Gasteiger partial charge in [-0.15, -0.1) is 0 Å². The van der Waals surface area contributed by atoms with Crippen LogP contribution < -0.4 is 5.73 Å². The maximum absolute atomic E-state index is 13.4. The van der Waals surface area contributed by atoms with Crippen molar-refractivity contribution in [2.75, 3.05) is 5.73 Å². The number of benzene rings is 1. The molecule has 2 N–H and O–H groups in total. The third kappa shape index (κ3) is 2.01. The van der Waals surface area contributed by atoms with E-state index in [1.807, 2.05) is 0 Å². The Morgan fingerprint density at radius 2 is 2.21 bits per heavy atom. The third-order valence-electron chi connectivity index (χ3n) is 2.77. The molecule has 0 amide bonds. The highest BCUT2D eigenvalue weighted by atomic mass is 35.5. The summed E-state index contributed by atoms with van der Waals surface area (Å²) in [5.41, 5.74) is 6.94. The molecular formula is C11H10ClFN6. The molecule has 19 heavy (non-hydrogen) atoms. The lowest BCUT2D eigenvalue weighted by molar-refractivity contribution is 0.629. The van der Waals surface area contributed by atoms with Crippen molar-refractivity contribution in [3.63, 3.8) is 0 Å². The minimum absolute atomic E-state index is 0.0302. The van der Waals surface area contributed by atoms with Crippen molar-refractivity contribution in [3.8, 4) is 0 Å². The molecule has 1 aromatic carbocycles. The Bertz CT molecular complexity index is 762. The van der Waals surface area contributed by atoms with Gasteiger partial charge in [-0.2, -0.15) is 5.10 Å². The zero-order valence-electron chi connectivity index (χ0n) is 10.0. The van der Waals surface area contributed by atoms with Crippen LogP contribution in [0, 0.1) is 5.82 Å². The molecule has 0 atom stereocenters. The first kappa shape index (κ1) is 11.9. The number of anilines is 1. The van der Waals surface area contributed by atoms with Crippen molar-refractivity contribution in [3.05, 3.63) is 35.1 Å². The minimum Gasteiger partial charge on any atom is -0.369 e. The number of aryl methyl sites for hydroxylation is 1. The summed E-state index contributed by atoms with van der Waals surface area (Å²) >= 11 is 5.78. The van der Waals surface area contributed by atoms with Gasteiger partial charge in [-0.3, -0.25) is 4.68 Å². The summed E-state index contributed by atoms with van der Waals surface area (Å²) in [4.78, 5) is 8.22. The van der Waals surface area contributed by atoms with Crippen LogP contribution in [0.25, 0.3) is 11.0 Å². The average molecular weight is 281 g/mol. The van der Waals surface area contributed by atoms with Crippen molar-refractivity contribution >= 4 is 28.6 Å². The summed E-state index contributed by atoms with van der Waals surface area (Å²) in [5, 5.41) is 4.20. The lowest BCUT2D eigenvalue weighted by Crippen LogP contribution is -2.06. The monoisotopic (exact) mass is 280 g/mol. The molecule has 0 unspecified atom stereocenters. The predicted molar refractivity (Wildman–Crippen MR) is 69.2 cm³/mol. The summed E-state index contributed by atoms with van der Waals surface area (Å²) in [5.74, 6) is 0.341. The zero-order valence-corrected chi connectivity index (χ0v) is 10.8. The van der Waals surface area contributed by atoms with Gasteiger partial charge >= 0.3 is 0 Å². The van der Waals surface area contributed by atoms with Gasteiger partial charge in [0.25, 0.3) is 0 Å². The Kier molecular flexibility index (Phi) is 2.63. The van der Waals surface area contributed by atoms with Crippen LogP contribution in [0.1, 0.15) is 5.82 Å². The lowest BCUT2D eigenvalue weighted by Gasteiger charge is -2.03. The normalized spacial score (nSPS) is 11.3. The van der Waals surface area contributed by atoms with Gasteiger partial charge in [-0.25, -0.2) is 14.4 Å². The first-order valence-electron chi connectivity index (χ1n) is 5.50. The van der Waals surface area contributed by atoms with Gasteiger partial charge in [0.2, 0.25) is 5.95 Å². The minimum atomic E-state index is -0.519. The molecule has 0 aliphatic carbocycles. The number of nitrogens with two attached hydrogens (primary N) is 1. The Morgan fingerprint density at radius 3 is 2.89 bits per heavy atom. The number of hydrogen-bond donors (Lipinski definition) is 1. The number of nitrogens with zero attached hydrogens (tertiary/aromatic N) is 5. The maximum atomic E-state index is 13.4. The van der Waals surface area contributed by atoms with E-state index in [9.17, 15) is 4.39 Å². The summed E-state index contributed by atoms with van der Waals surface area (Å²) < 4.78 is 16.7. The van der Waals surface area contributed by atoms with E-state index in [1.165, 1.54) is 12.1 Å². The highest BCUT2D eigenvalue weighted by Crippen LogP contribution is 2.25.